The number of carboxylic acids is 1. The number of rotatable bonds is 2. The van der Waals surface area contributed by atoms with Gasteiger partial charge in [-0.15, -0.1) is 0 Å². The molecule has 1 aliphatic rings. The van der Waals surface area contributed by atoms with Gasteiger partial charge in [-0.05, 0) is 12.6 Å². The minimum atomic E-state index is -1.12. The van der Waals surface area contributed by atoms with Crippen molar-refractivity contribution in [3.05, 3.63) is 42.2 Å². The molecule has 0 aliphatic carbocycles. The Labute approximate surface area is 103 Å². The molecule has 1 heterocycles. The Morgan fingerprint density at radius 3 is 2.76 bits per heavy atom. The number of nitrogens with one attached hydrogen (secondary N) is 1. The zero-order chi connectivity index (χ0) is 12.7. The highest BCUT2D eigenvalue weighted by atomic mass is 32.2. The lowest BCUT2D eigenvalue weighted by molar-refractivity contribution is -0.136. The highest BCUT2D eigenvalue weighted by molar-refractivity contribution is 7.97. The third-order valence-corrected chi connectivity index (χ3v) is 2.60. The molecule has 0 aromatic heterocycles. The average molecular weight is 252 g/mol. The Hall–Kier alpha value is -1.95. The van der Waals surface area contributed by atoms with E-state index in [0.29, 0.717) is 0 Å². The maximum atomic E-state index is 9.71. The molecule has 0 unspecified atom stereocenters. The van der Waals surface area contributed by atoms with Crippen molar-refractivity contribution in [3.63, 3.8) is 0 Å². The number of hydrazone groups is 1. The summed E-state index contributed by atoms with van der Waals surface area (Å²) >= 11 is 1.54. The van der Waals surface area contributed by atoms with E-state index in [9.17, 15) is 4.79 Å². The molecule has 6 heteroatoms. The average Bonchev–Trinajstić information content (AvgIpc) is 2.38. The SMILES string of the molecule is C1=NNSc2ccccc21.C=C(OC)C(=O)O. The number of nitrogens with zero attached hydrogens (tertiary/aromatic N) is 1. The van der Waals surface area contributed by atoms with Gasteiger partial charge < -0.3 is 9.84 Å². The van der Waals surface area contributed by atoms with E-state index in [0.717, 1.165) is 0 Å². The first-order valence-electron chi connectivity index (χ1n) is 4.65. The van der Waals surface area contributed by atoms with Crippen LogP contribution in [0.4, 0.5) is 0 Å². The Balaban J connectivity index is 0.000000185. The van der Waals surface area contributed by atoms with Crippen molar-refractivity contribution in [3.8, 4) is 0 Å². The lowest BCUT2D eigenvalue weighted by Crippen LogP contribution is -2.01. The molecule has 0 fully saturated rings. The summed E-state index contributed by atoms with van der Waals surface area (Å²) in [5, 5.41) is 11.9. The molecule has 0 amide bonds. The molecule has 2 N–H and O–H groups in total. The van der Waals surface area contributed by atoms with Crippen LogP contribution in [0.1, 0.15) is 5.56 Å². The van der Waals surface area contributed by atoms with Crippen LogP contribution < -0.4 is 4.83 Å². The van der Waals surface area contributed by atoms with E-state index < -0.39 is 5.97 Å². The summed E-state index contributed by atoms with van der Waals surface area (Å²) in [5.41, 5.74) is 1.19. The normalized spacial score (nSPS) is 11.4. The van der Waals surface area contributed by atoms with Crippen molar-refractivity contribution >= 4 is 24.1 Å². The quantitative estimate of drug-likeness (QED) is 0.477. The Morgan fingerprint density at radius 1 is 1.53 bits per heavy atom. The first-order valence-corrected chi connectivity index (χ1v) is 5.47. The summed E-state index contributed by atoms with van der Waals surface area (Å²) in [7, 11) is 1.26. The standard InChI is InChI=1S/C7H6N2S.C4H6O3/c1-2-4-7-6(3-1)5-8-9-10-7;1-3(7-2)4(5)6/h1-5,9H;1H2,2H3,(H,5,6). The predicted octanol–water partition coefficient (Wildman–Crippen LogP) is 1.86. The number of ether oxygens (including phenoxy) is 1. The van der Waals surface area contributed by atoms with Gasteiger partial charge in [0.2, 0.25) is 0 Å². The van der Waals surface area contributed by atoms with Crippen LogP contribution in [0.25, 0.3) is 0 Å². The lowest BCUT2D eigenvalue weighted by atomic mass is 10.2. The molecule has 1 aromatic rings. The van der Waals surface area contributed by atoms with E-state index in [4.69, 9.17) is 5.11 Å². The highest BCUT2D eigenvalue weighted by Gasteiger charge is 2.02. The molecule has 0 atom stereocenters. The molecule has 1 aromatic carbocycles. The molecule has 0 spiro atoms. The topological polar surface area (TPSA) is 70.9 Å². The van der Waals surface area contributed by atoms with Gasteiger partial charge in [0.15, 0.2) is 5.76 Å². The highest BCUT2D eigenvalue weighted by Crippen LogP contribution is 2.20. The minimum Gasteiger partial charge on any atom is -0.490 e. The van der Waals surface area contributed by atoms with E-state index in [-0.39, 0.29) is 5.76 Å². The third-order valence-electron chi connectivity index (χ3n) is 1.82. The van der Waals surface area contributed by atoms with Crippen LogP contribution in [-0.4, -0.2) is 24.4 Å². The summed E-state index contributed by atoms with van der Waals surface area (Å²) in [4.78, 5) is 13.8. The largest absolute Gasteiger partial charge is 0.490 e. The van der Waals surface area contributed by atoms with Crippen LogP contribution in [0.5, 0.6) is 0 Å². The molecule has 90 valence electrons. The van der Waals surface area contributed by atoms with Crippen LogP contribution >= 0.6 is 11.9 Å². The minimum absolute atomic E-state index is 0.236. The van der Waals surface area contributed by atoms with Gasteiger partial charge in [0.1, 0.15) is 0 Å². The van der Waals surface area contributed by atoms with Gasteiger partial charge in [0, 0.05) is 22.4 Å². The summed E-state index contributed by atoms with van der Waals surface area (Å²) in [6.45, 7) is 3.05. The molecule has 2 rings (SSSR count). The van der Waals surface area contributed by atoms with Crippen molar-refractivity contribution in [2.45, 2.75) is 4.90 Å². The van der Waals surface area contributed by atoms with Crippen LogP contribution in [-0.2, 0) is 9.53 Å². The first kappa shape index (κ1) is 13.1. The lowest BCUT2D eigenvalue weighted by Gasteiger charge is -2.07. The molecule has 0 saturated heterocycles. The van der Waals surface area contributed by atoms with Crippen molar-refractivity contribution in [2.24, 2.45) is 5.10 Å². The first-order chi connectivity index (χ1) is 8.15. The van der Waals surface area contributed by atoms with Crippen LogP contribution in [0.3, 0.4) is 0 Å². The van der Waals surface area contributed by atoms with Crippen molar-refractivity contribution in [2.75, 3.05) is 7.11 Å². The van der Waals surface area contributed by atoms with Gasteiger partial charge in [0.05, 0.1) is 13.3 Å². The fraction of sp³-hybridized carbons (Fsp3) is 0.0909. The van der Waals surface area contributed by atoms with Crippen LogP contribution in [0.2, 0.25) is 0 Å². The molecule has 0 saturated carbocycles. The number of hydrogen-bond acceptors (Lipinski definition) is 5. The second-order valence-corrected chi connectivity index (χ2v) is 3.75. The van der Waals surface area contributed by atoms with Gasteiger partial charge in [0.25, 0.3) is 0 Å². The molecule has 0 radical (unpaired) electrons. The second kappa shape index (κ2) is 6.59. The molecular formula is C11H12N2O3S. The van der Waals surface area contributed by atoms with Gasteiger partial charge in [-0.2, -0.15) is 5.10 Å². The zero-order valence-corrected chi connectivity index (χ0v) is 10.0. The number of benzene rings is 1. The van der Waals surface area contributed by atoms with E-state index in [1.807, 2.05) is 24.4 Å². The molecule has 1 aliphatic heterocycles. The fourth-order valence-electron chi connectivity index (χ4n) is 0.939. The van der Waals surface area contributed by atoms with E-state index in [2.05, 4.69) is 27.3 Å². The Morgan fingerprint density at radius 2 is 2.24 bits per heavy atom. The summed E-state index contributed by atoms with van der Waals surface area (Å²) in [5.74, 6) is -1.36. The number of fused-ring (bicyclic) bond motifs is 1. The molecular weight excluding hydrogens is 240 g/mol. The second-order valence-electron chi connectivity index (χ2n) is 2.92. The maximum Gasteiger partial charge on any atom is 0.370 e. The maximum absolute atomic E-state index is 9.71. The molecule has 0 bridgehead atoms. The number of carbonyl (C=O) groups is 1. The predicted molar refractivity (Wildman–Crippen MR) is 66.8 cm³/mol. The summed E-state index contributed by atoms with van der Waals surface area (Å²) in [6.07, 6.45) is 1.83. The van der Waals surface area contributed by atoms with Crippen molar-refractivity contribution in [1.82, 2.24) is 4.83 Å². The van der Waals surface area contributed by atoms with E-state index >= 15 is 0 Å². The number of hydrogen-bond donors (Lipinski definition) is 2. The number of aliphatic carboxylic acids is 1. The molecule has 17 heavy (non-hydrogen) atoms. The summed E-state index contributed by atoms with van der Waals surface area (Å²) < 4.78 is 4.22. The summed E-state index contributed by atoms with van der Waals surface area (Å²) in [6, 6.07) is 8.15. The zero-order valence-electron chi connectivity index (χ0n) is 9.21. The van der Waals surface area contributed by atoms with E-state index in [1.165, 1.54) is 17.6 Å². The smallest absolute Gasteiger partial charge is 0.370 e. The van der Waals surface area contributed by atoms with E-state index in [1.54, 1.807) is 11.9 Å². The van der Waals surface area contributed by atoms with Crippen molar-refractivity contribution in [1.29, 1.82) is 0 Å². The van der Waals surface area contributed by atoms with Crippen molar-refractivity contribution < 1.29 is 14.6 Å². The molecule has 5 nitrogen and oxygen atoms in total. The number of carboxylic acid groups (broad SMARTS) is 1. The Bertz CT molecular complexity index is 446. The van der Waals surface area contributed by atoms with Crippen LogP contribution in [0.15, 0.2) is 46.6 Å². The van der Waals surface area contributed by atoms with Crippen LogP contribution in [0, 0.1) is 0 Å². The van der Waals surface area contributed by atoms with Gasteiger partial charge in [-0.25, -0.2) is 9.63 Å². The third kappa shape index (κ3) is 4.20. The Kier molecular flexibility index (Phi) is 5.09. The van der Waals surface area contributed by atoms with Gasteiger partial charge in [-0.1, -0.05) is 18.2 Å². The van der Waals surface area contributed by atoms with Gasteiger partial charge in [-0.3, -0.25) is 0 Å². The number of methoxy groups -OCH3 is 1. The monoisotopic (exact) mass is 252 g/mol. The van der Waals surface area contributed by atoms with Gasteiger partial charge >= 0.3 is 5.97 Å². The fourth-order valence-corrected chi connectivity index (χ4v) is 1.53.